The van der Waals surface area contributed by atoms with Gasteiger partial charge in [0.15, 0.2) is 6.10 Å². The average Bonchev–Trinajstić information content (AvgIpc) is 2.04. The predicted molar refractivity (Wildman–Crippen MR) is 51.3 cm³/mol. The van der Waals surface area contributed by atoms with Gasteiger partial charge in [-0.15, -0.1) is 0 Å². The zero-order chi connectivity index (χ0) is 10.7. The molecule has 1 unspecified atom stereocenters. The second-order valence-corrected chi connectivity index (χ2v) is 3.93. The highest BCUT2D eigenvalue weighted by Gasteiger charge is 2.50. The highest BCUT2D eigenvalue weighted by Crippen LogP contribution is 2.26. The van der Waals surface area contributed by atoms with E-state index < -0.39 is 5.91 Å². The number of likely N-dealkylation sites (N-methyl/N-ethyl adjacent to an activating group) is 1. The van der Waals surface area contributed by atoms with Gasteiger partial charge in [0.2, 0.25) is 0 Å². The Hall–Kier alpha value is 0.130. The molecule has 0 radical (unpaired) electrons. The van der Waals surface area contributed by atoms with Gasteiger partial charge in [0.1, 0.15) is 0 Å². The smallest absolute Gasteiger partial charge is 0.345 e. The van der Waals surface area contributed by atoms with Crippen LogP contribution in [0.25, 0.3) is 0 Å². The van der Waals surface area contributed by atoms with Crippen LogP contribution in [-0.2, 0) is 14.2 Å². The first-order valence-corrected chi connectivity index (χ1v) is 4.30. The van der Waals surface area contributed by atoms with Gasteiger partial charge >= 0.3 is 5.91 Å². The minimum absolute atomic E-state index is 0. The van der Waals surface area contributed by atoms with E-state index in [4.69, 9.17) is 14.2 Å². The van der Waals surface area contributed by atoms with Gasteiger partial charge in [0.25, 0.3) is 0 Å². The maximum absolute atomic E-state index is 5.43. The molecule has 0 spiro atoms. The third-order valence-corrected chi connectivity index (χ3v) is 2.39. The van der Waals surface area contributed by atoms with Crippen molar-refractivity contribution in [1.82, 2.24) is 0 Å². The lowest BCUT2D eigenvalue weighted by molar-refractivity contribution is -0.984. The molecule has 88 valence electrons. The van der Waals surface area contributed by atoms with Crippen molar-refractivity contribution in [2.45, 2.75) is 18.9 Å². The van der Waals surface area contributed by atoms with Crippen molar-refractivity contribution >= 4 is 0 Å². The molecule has 0 fully saturated rings. The molecule has 14 heavy (non-hydrogen) atoms. The zero-order valence-electron chi connectivity index (χ0n) is 10.1. The van der Waals surface area contributed by atoms with E-state index in [1.165, 1.54) is 0 Å². The first-order chi connectivity index (χ1) is 5.85. The first kappa shape index (κ1) is 16.6. The minimum Gasteiger partial charge on any atom is -1.00 e. The Balaban J connectivity index is 0. The van der Waals surface area contributed by atoms with Crippen LogP contribution < -0.4 is 12.4 Å². The summed E-state index contributed by atoms with van der Waals surface area (Å²) in [5, 5.41) is 0. The molecule has 0 aliphatic rings. The van der Waals surface area contributed by atoms with Gasteiger partial charge in [0.05, 0.1) is 21.1 Å². The molecule has 0 aromatic heterocycles. The van der Waals surface area contributed by atoms with Crippen LogP contribution in [0.2, 0.25) is 0 Å². The molecule has 0 aliphatic carbocycles. The number of ether oxygens (including phenoxy) is 3. The van der Waals surface area contributed by atoms with Crippen molar-refractivity contribution in [1.29, 1.82) is 0 Å². The van der Waals surface area contributed by atoms with E-state index >= 15 is 0 Å². The van der Waals surface area contributed by atoms with Crippen LogP contribution in [0.4, 0.5) is 0 Å². The molecule has 0 aromatic carbocycles. The number of quaternary nitrogens is 1. The van der Waals surface area contributed by atoms with Crippen LogP contribution >= 0.6 is 0 Å². The molecule has 0 aliphatic heterocycles. The molecule has 0 N–H and O–H groups in total. The van der Waals surface area contributed by atoms with Gasteiger partial charge in [-0.1, -0.05) is 0 Å². The van der Waals surface area contributed by atoms with Gasteiger partial charge in [-0.25, -0.2) is 0 Å². The van der Waals surface area contributed by atoms with Crippen LogP contribution in [-0.4, -0.2) is 59.0 Å². The number of halogens is 1. The SMILES string of the molecule is COC(C)C(OC)(OC)[N+](C)(C)C.[Cl-]. The lowest BCUT2D eigenvalue weighted by Gasteiger charge is -2.45. The average molecular weight is 228 g/mol. The van der Waals surface area contributed by atoms with Crippen molar-refractivity contribution in [3.05, 3.63) is 0 Å². The van der Waals surface area contributed by atoms with E-state index in [1.807, 2.05) is 28.1 Å². The standard InChI is InChI=1S/C9H22NO3.ClH/c1-8(11-5)9(12-6,13-7)10(2,3)4;/h8H,1-7H3;1H/q+1;/p-1. The summed E-state index contributed by atoms with van der Waals surface area (Å²) < 4.78 is 16.6. The quantitative estimate of drug-likeness (QED) is 0.390. The normalized spacial score (nSPS) is 14.8. The number of hydrogen-bond donors (Lipinski definition) is 0. The fourth-order valence-electron chi connectivity index (χ4n) is 1.66. The van der Waals surface area contributed by atoms with E-state index in [2.05, 4.69) is 0 Å². The number of methoxy groups -OCH3 is 3. The summed E-state index contributed by atoms with van der Waals surface area (Å²) in [6.45, 7) is 1.93. The summed E-state index contributed by atoms with van der Waals surface area (Å²) in [5.74, 6) is -0.755. The Morgan fingerprint density at radius 3 is 1.43 bits per heavy atom. The summed E-state index contributed by atoms with van der Waals surface area (Å²) in [6.07, 6.45) is -0.137. The lowest BCUT2D eigenvalue weighted by atomic mass is 10.2. The maximum Gasteiger partial charge on any atom is 0.345 e. The lowest BCUT2D eigenvalue weighted by Crippen LogP contribution is -3.00. The molecule has 0 saturated carbocycles. The van der Waals surface area contributed by atoms with E-state index in [1.54, 1.807) is 21.3 Å². The van der Waals surface area contributed by atoms with Crippen molar-refractivity contribution in [3.8, 4) is 0 Å². The van der Waals surface area contributed by atoms with Crippen LogP contribution in [0.15, 0.2) is 0 Å². The van der Waals surface area contributed by atoms with Crippen molar-refractivity contribution in [2.75, 3.05) is 42.5 Å². The molecule has 0 heterocycles. The van der Waals surface area contributed by atoms with Gasteiger partial charge < -0.3 is 26.6 Å². The van der Waals surface area contributed by atoms with Gasteiger partial charge in [-0.3, -0.25) is 4.48 Å². The zero-order valence-corrected chi connectivity index (χ0v) is 10.9. The van der Waals surface area contributed by atoms with Crippen molar-refractivity contribution in [3.63, 3.8) is 0 Å². The van der Waals surface area contributed by atoms with Crippen LogP contribution in [0.5, 0.6) is 0 Å². The van der Waals surface area contributed by atoms with E-state index in [-0.39, 0.29) is 18.5 Å². The molecule has 0 amide bonds. The minimum atomic E-state index is -0.755. The fourth-order valence-corrected chi connectivity index (χ4v) is 1.66. The summed E-state index contributed by atoms with van der Waals surface area (Å²) in [7, 11) is 10.9. The number of nitrogens with zero attached hydrogens (tertiary/aromatic N) is 1. The molecule has 0 aromatic rings. The molecule has 0 bridgehead atoms. The molecular formula is C9H22ClNO3. The third kappa shape index (κ3) is 2.81. The summed E-state index contributed by atoms with van der Waals surface area (Å²) >= 11 is 0. The molecule has 5 heteroatoms. The van der Waals surface area contributed by atoms with Gasteiger partial charge in [0, 0.05) is 21.3 Å². The van der Waals surface area contributed by atoms with Crippen LogP contribution in [0, 0.1) is 0 Å². The van der Waals surface area contributed by atoms with E-state index in [0.29, 0.717) is 4.48 Å². The van der Waals surface area contributed by atoms with Crippen LogP contribution in [0.1, 0.15) is 6.92 Å². The Morgan fingerprint density at radius 2 is 1.36 bits per heavy atom. The topological polar surface area (TPSA) is 27.7 Å². The van der Waals surface area contributed by atoms with Gasteiger partial charge in [-0.2, -0.15) is 0 Å². The van der Waals surface area contributed by atoms with Crippen molar-refractivity contribution in [2.24, 2.45) is 0 Å². The highest BCUT2D eigenvalue weighted by atomic mass is 35.5. The molecular weight excluding hydrogens is 206 g/mol. The first-order valence-electron chi connectivity index (χ1n) is 4.30. The Kier molecular flexibility index (Phi) is 6.95. The summed E-state index contributed by atoms with van der Waals surface area (Å²) in [6, 6.07) is 0. The summed E-state index contributed by atoms with van der Waals surface area (Å²) in [4.78, 5) is 0. The number of rotatable bonds is 5. The molecule has 1 atom stereocenters. The predicted octanol–water partition coefficient (Wildman–Crippen LogP) is -2.32. The Morgan fingerprint density at radius 1 is 1.00 bits per heavy atom. The fraction of sp³-hybridized carbons (Fsp3) is 1.00. The Bertz CT molecular complexity index is 155. The van der Waals surface area contributed by atoms with Gasteiger partial charge in [-0.05, 0) is 6.92 Å². The Labute approximate surface area is 93.1 Å². The maximum atomic E-state index is 5.43. The molecule has 0 saturated heterocycles. The largest absolute Gasteiger partial charge is 1.00 e. The molecule has 0 rings (SSSR count). The second-order valence-electron chi connectivity index (χ2n) is 3.93. The van der Waals surface area contributed by atoms with E-state index in [0.717, 1.165) is 0 Å². The van der Waals surface area contributed by atoms with Crippen molar-refractivity contribution < 1.29 is 31.1 Å². The summed E-state index contributed by atoms with van der Waals surface area (Å²) in [5.41, 5.74) is 0. The number of hydrogen-bond acceptors (Lipinski definition) is 3. The van der Waals surface area contributed by atoms with E-state index in [9.17, 15) is 0 Å². The van der Waals surface area contributed by atoms with Crippen LogP contribution in [0.3, 0.4) is 0 Å². The second kappa shape index (κ2) is 5.88. The highest BCUT2D eigenvalue weighted by molar-refractivity contribution is 4.65. The monoisotopic (exact) mass is 227 g/mol. The molecule has 4 nitrogen and oxygen atoms in total. The third-order valence-electron chi connectivity index (χ3n) is 2.39.